The molecule has 2 rings (SSSR count). The van der Waals surface area contributed by atoms with Gasteiger partial charge >= 0.3 is 0 Å². The molecule has 0 bridgehead atoms. The van der Waals surface area contributed by atoms with Gasteiger partial charge in [0.15, 0.2) is 0 Å². The van der Waals surface area contributed by atoms with Crippen LogP contribution in [0.4, 0.5) is 0 Å². The predicted molar refractivity (Wildman–Crippen MR) is 75.6 cm³/mol. The normalized spacial score (nSPS) is 21.3. The summed E-state index contributed by atoms with van der Waals surface area (Å²) in [6.45, 7) is 7.03. The third-order valence-corrected chi connectivity index (χ3v) is 4.95. The highest BCUT2D eigenvalue weighted by molar-refractivity contribution is 7.08. The number of hydrogen-bond donors (Lipinski definition) is 0. The van der Waals surface area contributed by atoms with Crippen molar-refractivity contribution in [1.29, 1.82) is 0 Å². The minimum atomic E-state index is 0.269. The summed E-state index contributed by atoms with van der Waals surface area (Å²) in [6.07, 6.45) is 2.49. The fourth-order valence-electron chi connectivity index (χ4n) is 2.93. The van der Waals surface area contributed by atoms with E-state index in [4.69, 9.17) is 0 Å². The molecule has 0 atom stereocenters. The Morgan fingerprint density at radius 3 is 2.35 bits per heavy atom. The van der Waals surface area contributed by atoms with Crippen molar-refractivity contribution in [2.24, 2.45) is 0 Å². The zero-order valence-electron chi connectivity index (χ0n) is 11.4. The Morgan fingerprint density at radius 1 is 1.29 bits per heavy atom. The highest BCUT2D eigenvalue weighted by atomic mass is 32.1. The van der Waals surface area contributed by atoms with Gasteiger partial charge in [0.2, 0.25) is 0 Å². The average molecular weight is 252 g/mol. The Bertz CT molecular complexity index is 335. The van der Waals surface area contributed by atoms with E-state index in [9.17, 15) is 0 Å². The van der Waals surface area contributed by atoms with E-state index in [0.717, 1.165) is 0 Å². The van der Waals surface area contributed by atoms with Crippen LogP contribution in [0.3, 0.4) is 0 Å². The van der Waals surface area contributed by atoms with Gasteiger partial charge in [-0.1, -0.05) is 0 Å². The molecule has 2 nitrogen and oxygen atoms in total. The van der Waals surface area contributed by atoms with Crippen LogP contribution in [-0.4, -0.2) is 43.0 Å². The third-order valence-electron chi connectivity index (χ3n) is 4.27. The van der Waals surface area contributed by atoms with Crippen LogP contribution in [0.5, 0.6) is 0 Å². The van der Waals surface area contributed by atoms with Crippen molar-refractivity contribution in [3.8, 4) is 0 Å². The minimum absolute atomic E-state index is 0.269. The molecule has 0 saturated carbocycles. The highest BCUT2D eigenvalue weighted by Gasteiger charge is 2.38. The monoisotopic (exact) mass is 252 g/mol. The zero-order valence-corrected chi connectivity index (χ0v) is 12.3. The summed E-state index contributed by atoms with van der Waals surface area (Å²) in [5.41, 5.74) is 1.78. The first-order valence-corrected chi connectivity index (χ1v) is 7.45. The second kappa shape index (κ2) is 5.09. The Balaban J connectivity index is 2.17. The molecule has 1 aromatic rings. The maximum atomic E-state index is 2.59. The lowest BCUT2D eigenvalue weighted by Gasteiger charge is -2.47. The van der Waals surface area contributed by atoms with Crippen LogP contribution in [0.15, 0.2) is 16.8 Å². The maximum Gasteiger partial charge on any atom is 0.0487 e. The fourth-order valence-corrected chi connectivity index (χ4v) is 3.68. The molecule has 1 aliphatic heterocycles. The molecule has 0 amide bonds. The van der Waals surface area contributed by atoms with E-state index >= 15 is 0 Å². The number of likely N-dealkylation sites (tertiary alicyclic amines) is 1. The van der Waals surface area contributed by atoms with Gasteiger partial charge in [0, 0.05) is 24.7 Å². The van der Waals surface area contributed by atoms with Gasteiger partial charge in [-0.3, -0.25) is 4.90 Å². The summed E-state index contributed by atoms with van der Waals surface area (Å²) >= 11 is 1.82. The second-order valence-corrected chi connectivity index (χ2v) is 6.35. The third kappa shape index (κ3) is 2.42. The first-order chi connectivity index (χ1) is 8.06. The smallest absolute Gasteiger partial charge is 0.0487 e. The van der Waals surface area contributed by atoms with Gasteiger partial charge < -0.3 is 4.90 Å². The maximum absolute atomic E-state index is 2.59. The number of hydrogen-bond acceptors (Lipinski definition) is 3. The lowest BCUT2D eigenvalue weighted by Crippen LogP contribution is -2.51. The number of nitrogens with zero attached hydrogens (tertiary/aromatic N) is 2. The molecule has 17 heavy (non-hydrogen) atoms. The van der Waals surface area contributed by atoms with Crippen LogP contribution in [0, 0.1) is 0 Å². The van der Waals surface area contributed by atoms with Gasteiger partial charge in [-0.15, -0.1) is 0 Å². The first kappa shape index (κ1) is 13.1. The first-order valence-electron chi connectivity index (χ1n) is 6.50. The molecule has 0 unspecified atom stereocenters. The Labute approximate surface area is 109 Å². The van der Waals surface area contributed by atoms with Gasteiger partial charge in [0.1, 0.15) is 0 Å². The van der Waals surface area contributed by atoms with E-state index in [1.54, 1.807) is 0 Å². The van der Waals surface area contributed by atoms with Crippen molar-refractivity contribution in [3.63, 3.8) is 0 Å². The molecule has 1 fully saturated rings. The Morgan fingerprint density at radius 2 is 1.94 bits per heavy atom. The van der Waals surface area contributed by atoms with Crippen LogP contribution in [0.1, 0.15) is 32.3 Å². The zero-order chi connectivity index (χ0) is 12.5. The van der Waals surface area contributed by atoms with E-state index in [2.05, 4.69) is 54.6 Å². The summed E-state index contributed by atoms with van der Waals surface area (Å²) in [7, 11) is 4.45. The van der Waals surface area contributed by atoms with Crippen molar-refractivity contribution in [2.75, 3.05) is 27.2 Å². The van der Waals surface area contributed by atoms with Crippen LogP contribution >= 0.6 is 11.3 Å². The summed E-state index contributed by atoms with van der Waals surface area (Å²) in [5, 5.41) is 4.53. The number of piperidine rings is 1. The number of thiophene rings is 1. The standard InChI is InChI=1S/C14H24N2S/c1-12(2)16-8-6-14(7-9-16,15(3)4)13-5-10-17-11-13/h5,10-12H,6-9H2,1-4H3. The molecule has 1 aromatic heterocycles. The lowest BCUT2D eigenvalue weighted by molar-refractivity contribution is 0.0417. The van der Waals surface area contributed by atoms with Crippen molar-refractivity contribution in [3.05, 3.63) is 22.4 Å². The van der Waals surface area contributed by atoms with E-state index in [-0.39, 0.29) is 5.54 Å². The fraction of sp³-hybridized carbons (Fsp3) is 0.714. The highest BCUT2D eigenvalue weighted by Crippen LogP contribution is 2.38. The Hall–Kier alpha value is -0.380. The van der Waals surface area contributed by atoms with Gasteiger partial charge in [-0.25, -0.2) is 0 Å². The van der Waals surface area contributed by atoms with Crippen LogP contribution < -0.4 is 0 Å². The lowest BCUT2D eigenvalue weighted by atomic mass is 9.81. The molecule has 3 heteroatoms. The molecule has 0 spiro atoms. The molecule has 1 saturated heterocycles. The van der Waals surface area contributed by atoms with E-state index in [1.807, 2.05) is 11.3 Å². The minimum Gasteiger partial charge on any atom is -0.301 e. The number of rotatable bonds is 3. The van der Waals surface area contributed by atoms with E-state index < -0.39 is 0 Å². The topological polar surface area (TPSA) is 6.48 Å². The van der Waals surface area contributed by atoms with Crippen molar-refractivity contribution >= 4 is 11.3 Å². The predicted octanol–water partition coefficient (Wildman–Crippen LogP) is 3.01. The molecular formula is C14H24N2S. The summed E-state index contributed by atoms with van der Waals surface area (Å²) in [4.78, 5) is 5.01. The average Bonchev–Trinajstić information content (AvgIpc) is 2.82. The van der Waals surface area contributed by atoms with Gasteiger partial charge in [0.25, 0.3) is 0 Å². The summed E-state index contributed by atoms with van der Waals surface area (Å²) in [6, 6.07) is 2.98. The Kier molecular flexibility index (Phi) is 3.91. The SMILES string of the molecule is CC(C)N1CCC(c2ccsc2)(N(C)C)CC1. The second-order valence-electron chi connectivity index (χ2n) is 5.57. The molecule has 0 aromatic carbocycles. The van der Waals surface area contributed by atoms with Gasteiger partial charge in [-0.05, 0) is 63.2 Å². The summed E-state index contributed by atoms with van der Waals surface area (Å²) < 4.78 is 0. The van der Waals surface area contributed by atoms with Crippen LogP contribution in [0.2, 0.25) is 0 Å². The van der Waals surface area contributed by atoms with E-state index in [0.29, 0.717) is 6.04 Å². The van der Waals surface area contributed by atoms with Gasteiger partial charge in [-0.2, -0.15) is 11.3 Å². The molecule has 96 valence electrons. The quantitative estimate of drug-likeness (QED) is 0.816. The summed E-state index contributed by atoms with van der Waals surface area (Å²) in [5.74, 6) is 0. The molecule has 1 aliphatic rings. The van der Waals surface area contributed by atoms with Crippen LogP contribution in [0.25, 0.3) is 0 Å². The van der Waals surface area contributed by atoms with Crippen LogP contribution in [-0.2, 0) is 5.54 Å². The molecule has 0 N–H and O–H groups in total. The molecule has 2 heterocycles. The molecule has 0 radical (unpaired) electrons. The molecular weight excluding hydrogens is 228 g/mol. The van der Waals surface area contributed by atoms with E-state index in [1.165, 1.54) is 31.5 Å². The largest absolute Gasteiger partial charge is 0.301 e. The van der Waals surface area contributed by atoms with Gasteiger partial charge in [0.05, 0.1) is 0 Å². The van der Waals surface area contributed by atoms with Crippen molar-refractivity contribution < 1.29 is 0 Å². The molecule has 0 aliphatic carbocycles. The van der Waals surface area contributed by atoms with Crippen molar-refractivity contribution in [1.82, 2.24) is 9.80 Å². The van der Waals surface area contributed by atoms with Crippen molar-refractivity contribution in [2.45, 2.75) is 38.3 Å².